The lowest BCUT2D eigenvalue weighted by Gasteiger charge is -2.26. The fraction of sp³-hybridized carbons (Fsp3) is 0.267. The Hall–Kier alpha value is -2.47. The molecule has 6 nitrogen and oxygen atoms in total. The predicted molar refractivity (Wildman–Crippen MR) is 78.3 cm³/mol. The van der Waals surface area contributed by atoms with Crippen molar-refractivity contribution in [3.8, 4) is 0 Å². The van der Waals surface area contributed by atoms with E-state index in [4.69, 9.17) is 10.2 Å². The van der Waals surface area contributed by atoms with E-state index in [-0.39, 0.29) is 0 Å². The molecule has 0 radical (unpaired) electrons. The van der Waals surface area contributed by atoms with Gasteiger partial charge in [-0.15, -0.1) is 0 Å². The van der Waals surface area contributed by atoms with Crippen LogP contribution in [-0.4, -0.2) is 26.4 Å². The lowest BCUT2D eigenvalue weighted by molar-refractivity contribution is 0.221. The average Bonchev–Trinajstić information content (AvgIpc) is 2.89. The SMILES string of the molecule is Nc1ncc2c(n1)CCN(Cc1nc3ccccc3o1)C2. The fourth-order valence-corrected chi connectivity index (χ4v) is 2.70. The Labute approximate surface area is 121 Å². The first-order valence-corrected chi connectivity index (χ1v) is 6.95. The third-order valence-corrected chi connectivity index (χ3v) is 3.73. The molecule has 1 aliphatic heterocycles. The minimum Gasteiger partial charge on any atom is -0.439 e. The van der Waals surface area contributed by atoms with Gasteiger partial charge in [0.1, 0.15) is 5.52 Å². The van der Waals surface area contributed by atoms with Crippen molar-refractivity contribution in [2.24, 2.45) is 0 Å². The Bertz CT molecular complexity index is 765. The minimum atomic E-state index is 0.348. The number of oxazole rings is 1. The first-order valence-electron chi connectivity index (χ1n) is 6.95. The monoisotopic (exact) mass is 281 g/mol. The lowest BCUT2D eigenvalue weighted by atomic mass is 10.1. The van der Waals surface area contributed by atoms with Crippen LogP contribution < -0.4 is 5.73 Å². The summed E-state index contributed by atoms with van der Waals surface area (Å²) in [7, 11) is 0. The number of aromatic nitrogens is 3. The smallest absolute Gasteiger partial charge is 0.220 e. The lowest BCUT2D eigenvalue weighted by Crippen LogP contribution is -2.31. The molecule has 0 amide bonds. The van der Waals surface area contributed by atoms with Crippen LogP contribution in [0.15, 0.2) is 34.9 Å². The average molecular weight is 281 g/mol. The summed E-state index contributed by atoms with van der Waals surface area (Å²) in [5.41, 5.74) is 9.54. The molecular weight excluding hydrogens is 266 g/mol. The van der Waals surface area contributed by atoms with Crippen LogP contribution in [0.2, 0.25) is 0 Å². The number of nitrogens with zero attached hydrogens (tertiary/aromatic N) is 4. The molecule has 0 saturated heterocycles. The molecule has 6 heteroatoms. The van der Waals surface area contributed by atoms with Crippen LogP contribution in [0.1, 0.15) is 17.1 Å². The Kier molecular flexibility index (Phi) is 2.82. The molecule has 1 aliphatic rings. The highest BCUT2D eigenvalue weighted by molar-refractivity contribution is 5.72. The molecule has 1 aromatic carbocycles. The van der Waals surface area contributed by atoms with Crippen molar-refractivity contribution in [3.05, 3.63) is 47.6 Å². The molecule has 0 fully saturated rings. The summed E-state index contributed by atoms with van der Waals surface area (Å²) in [5.74, 6) is 1.09. The highest BCUT2D eigenvalue weighted by atomic mass is 16.3. The van der Waals surface area contributed by atoms with Crippen LogP contribution >= 0.6 is 0 Å². The summed E-state index contributed by atoms with van der Waals surface area (Å²) in [6, 6.07) is 7.82. The Balaban J connectivity index is 1.54. The van der Waals surface area contributed by atoms with Crippen LogP contribution in [0.25, 0.3) is 11.1 Å². The zero-order valence-corrected chi connectivity index (χ0v) is 11.5. The van der Waals surface area contributed by atoms with E-state index in [1.54, 1.807) is 0 Å². The maximum absolute atomic E-state index is 5.77. The van der Waals surface area contributed by atoms with Crippen molar-refractivity contribution < 1.29 is 4.42 Å². The van der Waals surface area contributed by atoms with Gasteiger partial charge in [0.2, 0.25) is 11.8 Å². The topological polar surface area (TPSA) is 81.1 Å². The van der Waals surface area contributed by atoms with Crippen molar-refractivity contribution in [2.45, 2.75) is 19.5 Å². The zero-order chi connectivity index (χ0) is 14.2. The van der Waals surface area contributed by atoms with Crippen LogP contribution in [0.4, 0.5) is 5.95 Å². The maximum Gasteiger partial charge on any atom is 0.220 e. The molecule has 3 heterocycles. The van der Waals surface area contributed by atoms with Gasteiger partial charge in [-0.3, -0.25) is 4.90 Å². The number of rotatable bonds is 2. The van der Waals surface area contributed by atoms with E-state index in [2.05, 4.69) is 19.9 Å². The number of anilines is 1. The van der Waals surface area contributed by atoms with Crippen LogP contribution in [0.3, 0.4) is 0 Å². The molecule has 0 bridgehead atoms. The van der Waals surface area contributed by atoms with E-state index < -0.39 is 0 Å². The van der Waals surface area contributed by atoms with Gasteiger partial charge in [-0.25, -0.2) is 15.0 Å². The summed E-state index contributed by atoms with van der Waals surface area (Å²) in [6.45, 7) is 2.41. The van der Waals surface area contributed by atoms with Gasteiger partial charge in [-0.05, 0) is 12.1 Å². The molecule has 106 valence electrons. The molecular formula is C15H15N5O. The van der Waals surface area contributed by atoms with Gasteiger partial charge in [-0.2, -0.15) is 0 Å². The molecule has 0 spiro atoms. The van der Waals surface area contributed by atoms with Crippen LogP contribution in [0.5, 0.6) is 0 Å². The summed E-state index contributed by atoms with van der Waals surface area (Å²) >= 11 is 0. The van der Waals surface area contributed by atoms with Crippen molar-refractivity contribution in [2.75, 3.05) is 12.3 Å². The number of fused-ring (bicyclic) bond motifs is 2. The van der Waals surface area contributed by atoms with Gasteiger partial charge < -0.3 is 10.2 Å². The number of hydrogen-bond donors (Lipinski definition) is 1. The van der Waals surface area contributed by atoms with Gasteiger partial charge in [0, 0.05) is 31.3 Å². The molecule has 4 rings (SSSR count). The van der Waals surface area contributed by atoms with Crippen molar-refractivity contribution in [1.29, 1.82) is 0 Å². The number of benzene rings is 1. The van der Waals surface area contributed by atoms with Crippen molar-refractivity contribution in [1.82, 2.24) is 19.9 Å². The molecule has 21 heavy (non-hydrogen) atoms. The van der Waals surface area contributed by atoms with Crippen molar-refractivity contribution >= 4 is 17.0 Å². The van der Waals surface area contributed by atoms with Gasteiger partial charge in [-0.1, -0.05) is 12.1 Å². The second kappa shape index (κ2) is 4.82. The fourth-order valence-electron chi connectivity index (χ4n) is 2.70. The number of para-hydroxylation sites is 2. The quantitative estimate of drug-likeness (QED) is 0.771. The highest BCUT2D eigenvalue weighted by Crippen LogP contribution is 2.21. The van der Waals surface area contributed by atoms with Crippen LogP contribution in [0, 0.1) is 0 Å². The minimum absolute atomic E-state index is 0.348. The number of nitrogen functional groups attached to an aromatic ring is 1. The second-order valence-corrected chi connectivity index (χ2v) is 5.24. The highest BCUT2D eigenvalue weighted by Gasteiger charge is 2.19. The molecule has 0 unspecified atom stereocenters. The zero-order valence-electron chi connectivity index (χ0n) is 11.5. The number of hydrogen-bond acceptors (Lipinski definition) is 6. The Morgan fingerprint density at radius 3 is 3.05 bits per heavy atom. The molecule has 2 aromatic heterocycles. The second-order valence-electron chi connectivity index (χ2n) is 5.24. The van der Waals surface area contributed by atoms with Gasteiger partial charge in [0.05, 0.1) is 12.2 Å². The van der Waals surface area contributed by atoms with Gasteiger partial charge in [0.25, 0.3) is 0 Å². The third-order valence-electron chi connectivity index (χ3n) is 3.73. The number of nitrogens with two attached hydrogens (primary N) is 1. The standard InChI is InChI=1S/C15H15N5O/c16-15-17-7-10-8-20(6-5-11(10)19-15)9-14-18-12-3-1-2-4-13(12)21-14/h1-4,7H,5-6,8-9H2,(H2,16,17,19). The van der Waals surface area contributed by atoms with E-state index in [1.165, 1.54) is 0 Å². The molecule has 0 aliphatic carbocycles. The normalized spacial score (nSPS) is 15.2. The van der Waals surface area contributed by atoms with E-state index >= 15 is 0 Å². The summed E-state index contributed by atoms with van der Waals surface area (Å²) in [5, 5.41) is 0. The van der Waals surface area contributed by atoms with Crippen LogP contribution in [-0.2, 0) is 19.5 Å². The van der Waals surface area contributed by atoms with Gasteiger partial charge >= 0.3 is 0 Å². The van der Waals surface area contributed by atoms with E-state index in [0.29, 0.717) is 12.5 Å². The molecule has 2 N–H and O–H groups in total. The van der Waals surface area contributed by atoms with E-state index in [9.17, 15) is 0 Å². The van der Waals surface area contributed by atoms with E-state index in [1.807, 2.05) is 30.5 Å². The predicted octanol–water partition coefficient (Wildman–Crippen LogP) is 1.76. The molecule has 3 aromatic rings. The van der Waals surface area contributed by atoms with Crippen molar-refractivity contribution in [3.63, 3.8) is 0 Å². The summed E-state index contributed by atoms with van der Waals surface area (Å²) in [4.78, 5) is 15.2. The summed E-state index contributed by atoms with van der Waals surface area (Å²) in [6.07, 6.45) is 2.69. The molecule has 0 saturated carbocycles. The molecule has 0 atom stereocenters. The Morgan fingerprint density at radius 2 is 2.14 bits per heavy atom. The third kappa shape index (κ3) is 2.34. The van der Waals surface area contributed by atoms with E-state index in [0.717, 1.165) is 47.8 Å². The largest absolute Gasteiger partial charge is 0.439 e. The summed E-state index contributed by atoms with van der Waals surface area (Å²) < 4.78 is 5.77. The van der Waals surface area contributed by atoms with Gasteiger partial charge in [0.15, 0.2) is 5.58 Å². The maximum atomic E-state index is 5.77. The first kappa shape index (κ1) is 12.3. The first-order chi connectivity index (χ1) is 10.3. The Morgan fingerprint density at radius 1 is 1.24 bits per heavy atom.